The second-order valence-corrected chi connectivity index (χ2v) is 3.53. The molecule has 0 spiro atoms. The van der Waals surface area contributed by atoms with Crippen molar-refractivity contribution in [3.63, 3.8) is 0 Å². The average Bonchev–Trinajstić information content (AvgIpc) is 2.37. The first-order valence-electron chi connectivity index (χ1n) is 4.58. The van der Waals surface area contributed by atoms with Crippen LogP contribution in [0.15, 0.2) is 23.4 Å². The van der Waals surface area contributed by atoms with Crippen LogP contribution in [0.3, 0.4) is 0 Å². The molecule has 96 valence electrons. The number of hydrogen-bond donors (Lipinski definition) is 2. The number of nitrogens with zero attached hydrogens (tertiary/aromatic N) is 2. The maximum Gasteiger partial charge on any atom is 0.356 e. The van der Waals surface area contributed by atoms with Crippen molar-refractivity contribution in [2.75, 3.05) is 11.6 Å². The highest BCUT2D eigenvalue weighted by molar-refractivity contribution is 6.34. The van der Waals surface area contributed by atoms with Gasteiger partial charge in [-0.15, -0.1) is 0 Å². The van der Waals surface area contributed by atoms with E-state index in [1.54, 1.807) is 0 Å². The Morgan fingerprint density at radius 2 is 2.11 bits per heavy atom. The van der Waals surface area contributed by atoms with Gasteiger partial charge in [-0.25, -0.2) is 15.6 Å². The molecule has 0 saturated heterocycles. The molecular weight excluding hydrogens is 264 g/mol. The van der Waals surface area contributed by atoms with Crippen LogP contribution < -0.4 is 16.7 Å². The van der Waals surface area contributed by atoms with Gasteiger partial charge in [0.25, 0.3) is 5.91 Å². The van der Waals surface area contributed by atoms with Gasteiger partial charge < -0.3 is 4.84 Å². The Bertz CT molecular complexity index is 493. The highest BCUT2D eigenvalue weighted by atomic mass is 35.5. The van der Waals surface area contributed by atoms with Gasteiger partial charge in [-0.1, -0.05) is 16.8 Å². The molecule has 0 aliphatic rings. The van der Waals surface area contributed by atoms with E-state index in [4.69, 9.17) is 23.3 Å². The molecule has 1 rings (SSSR count). The van der Waals surface area contributed by atoms with Gasteiger partial charge in [0.2, 0.25) is 0 Å². The summed E-state index contributed by atoms with van der Waals surface area (Å²) < 4.78 is 0. The summed E-state index contributed by atoms with van der Waals surface area (Å²) in [5.74, 6) is 8.64. The predicted molar refractivity (Wildman–Crippen MR) is 63.4 cm³/mol. The number of amides is 1. The molecule has 0 bridgehead atoms. The van der Waals surface area contributed by atoms with Crippen LogP contribution in [-0.2, 0) is 9.63 Å². The van der Waals surface area contributed by atoms with E-state index in [0.717, 1.165) is 0 Å². The van der Waals surface area contributed by atoms with Crippen molar-refractivity contribution in [3.05, 3.63) is 33.7 Å². The standard InChI is InChI=1S/C9H9ClN4O4/c10-6-3-5(9(16)18-12)1-2-7(6)14(11)8(15)4-13-17/h1-3H,4,11-12H2. The maximum absolute atomic E-state index is 11.3. The Balaban J connectivity index is 3.02. The number of carbonyl (C=O) groups excluding carboxylic acids is 2. The van der Waals surface area contributed by atoms with Crippen LogP contribution in [0.25, 0.3) is 0 Å². The molecule has 8 nitrogen and oxygen atoms in total. The molecule has 1 amide bonds. The summed E-state index contributed by atoms with van der Waals surface area (Å²) in [4.78, 5) is 36.4. The lowest BCUT2D eigenvalue weighted by molar-refractivity contribution is -0.117. The van der Waals surface area contributed by atoms with Crippen molar-refractivity contribution in [1.82, 2.24) is 0 Å². The molecule has 0 radical (unpaired) electrons. The van der Waals surface area contributed by atoms with Crippen LogP contribution in [0.1, 0.15) is 10.4 Å². The SMILES string of the molecule is NOC(=O)c1ccc(N(N)C(=O)CN=O)c(Cl)c1. The smallest absolute Gasteiger partial charge is 0.356 e. The number of hydrogen-bond acceptors (Lipinski definition) is 7. The van der Waals surface area contributed by atoms with Crippen LogP contribution in [-0.4, -0.2) is 18.4 Å². The van der Waals surface area contributed by atoms with Gasteiger partial charge >= 0.3 is 5.97 Å². The Labute approximate surface area is 106 Å². The van der Waals surface area contributed by atoms with Crippen molar-refractivity contribution in [3.8, 4) is 0 Å². The number of halogens is 1. The van der Waals surface area contributed by atoms with Crippen LogP contribution in [0.2, 0.25) is 5.02 Å². The van der Waals surface area contributed by atoms with Crippen LogP contribution in [0, 0.1) is 4.91 Å². The van der Waals surface area contributed by atoms with E-state index in [1.165, 1.54) is 18.2 Å². The van der Waals surface area contributed by atoms with E-state index < -0.39 is 18.4 Å². The van der Waals surface area contributed by atoms with Crippen LogP contribution in [0.5, 0.6) is 0 Å². The lowest BCUT2D eigenvalue weighted by Gasteiger charge is -2.16. The summed E-state index contributed by atoms with van der Waals surface area (Å²) in [5, 5.41) is 3.11. The zero-order valence-corrected chi connectivity index (χ0v) is 9.76. The van der Waals surface area contributed by atoms with Crippen molar-refractivity contribution in [1.29, 1.82) is 0 Å². The van der Waals surface area contributed by atoms with E-state index in [0.29, 0.717) is 5.01 Å². The molecule has 0 aromatic heterocycles. The number of hydrazine groups is 1. The van der Waals surface area contributed by atoms with Gasteiger partial charge in [-0.2, -0.15) is 10.8 Å². The number of nitrogens with two attached hydrogens (primary N) is 2. The average molecular weight is 273 g/mol. The molecule has 0 unspecified atom stereocenters. The lowest BCUT2D eigenvalue weighted by atomic mass is 10.2. The minimum atomic E-state index is -0.784. The second kappa shape index (κ2) is 6.05. The Hall–Kier alpha value is -2.03. The normalized spacial score (nSPS) is 9.72. The third-order valence-electron chi connectivity index (χ3n) is 2.02. The lowest BCUT2D eigenvalue weighted by Crippen LogP contribution is -2.39. The molecule has 1 aromatic rings. The number of carbonyl (C=O) groups is 2. The zero-order chi connectivity index (χ0) is 13.7. The van der Waals surface area contributed by atoms with E-state index >= 15 is 0 Å². The molecule has 0 atom stereocenters. The number of rotatable bonds is 4. The van der Waals surface area contributed by atoms with Gasteiger partial charge in [0.15, 0.2) is 6.54 Å². The summed E-state index contributed by atoms with van der Waals surface area (Å²) in [7, 11) is 0. The zero-order valence-electron chi connectivity index (χ0n) is 9.00. The van der Waals surface area contributed by atoms with Crippen molar-refractivity contribution in [2.45, 2.75) is 0 Å². The highest BCUT2D eigenvalue weighted by Crippen LogP contribution is 2.25. The minimum absolute atomic E-state index is 0.0275. The molecule has 0 aliphatic heterocycles. The molecule has 0 saturated carbocycles. The quantitative estimate of drug-likeness (QED) is 0.352. The minimum Gasteiger partial charge on any atom is -0.370 e. The first-order valence-corrected chi connectivity index (χ1v) is 4.96. The first kappa shape index (κ1) is 14.0. The van der Waals surface area contributed by atoms with E-state index in [2.05, 4.69) is 10.0 Å². The number of anilines is 1. The third kappa shape index (κ3) is 3.00. The summed E-state index contributed by atoms with van der Waals surface area (Å²) in [6, 6.07) is 3.86. The predicted octanol–water partition coefficient (Wildman–Crippen LogP) is 0.344. The summed E-state index contributed by atoms with van der Waals surface area (Å²) in [6.45, 7) is -0.612. The fraction of sp³-hybridized carbons (Fsp3) is 0.111. The van der Waals surface area contributed by atoms with Crippen molar-refractivity contribution in [2.24, 2.45) is 16.9 Å². The molecule has 9 heteroatoms. The van der Waals surface area contributed by atoms with Gasteiger partial charge in [-0.05, 0) is 18.2 Å². The van der Waals surface area contributed by atoms with Gasteiger partial charge in [0, 0.05) is 0 Å². The summed E-state index contributed by atoms with van der Waals surface area (Å²) in [6.07, 6.45) is 0. The van der Waals surface area contributed by atoms with Gasteiger partial charge in [-0.3, -0.25) is 4.79 Å². The van der Waals surface area contributed by atoms with E-state index in [9.17, 15) is 14.5 Å². The largest absolute Gasteiger partial charge is 0.370 e. The Morgan fingerprint density at radius 3 is 2.61 bits per heavy atom. The van der Waals surface area contributed by atoms with Crippen LogP contribution in [0.4, 0.5) is 5.69 Å². The first-order chi connectivity index (χ1) is 8.51. The molecule has 0 fully saturated rings. The molecule has 4 N–H and O–H groups in total. The fourth-order valence-electron chi connectivity index (χ4n) is 1.16. The highest BCUT2D eigenvalue weighted by Gasteiger charge is 2.17. The van der Waals surface area contributed by atoms with Gasteiger partial charge in [0.05, 0.1) is 16.3 Å². The summed E-state index contributed by atoms with van der Waals surface area (Å²) in [5.41, 5.74) is 0.222. The molecule has 0 aliphatic carbocycles. The number of nitroso groups, excluding NO2 is 1. The Kier molecular flexibility index (Phi) is 4.72. The van der Waals surface area contributed by atoms with Crippen molar-refractivity contribution < 1.29 is 14.4 Å². The number of benzene rings is 1. The monoisotopic (exact) mass is 272 g/mol. The molecule has 1 aromatic carbocycles. The molecule has 18 heavy (non-hydrogen) atoms. The van der Waals surface area contributed by atoms with E-state index in [1.807, 2.05) is 0 Å². The summed E-state index contributed by atoms with van der Waals surface area (Å²) >= 11 is 5.84. The Morgan fingerprint density at radius 1 is 1.44 bits per heavy atom. The van der Waals surface area contributed by atoms with Crippen molar-refractivity contribution >= 4 is 29.2 Å². The maximum atomic E-state index is 11.3. The molecule has 0 heterocycles. The van der Waals surface area contributed by atoms with Gasteiger partial charge in [0.1, 0.15) is 0 Å². The second-order valence-electron chi connectivity index (χ2n) is 3.12. The fourth-order valence-corrected chi connectivity index (χ4v) is 1.43. The topological polar surface area (TPSA) is 128 Å². The van der Waals surface area contributed by atoms with Crippen LogP contribution >= 0.6 is 11.6 Å². The van der Waals surface area contributed by atoms with E-state index in [-0.39, 0.29) is 16.3 Å². The third-order valence-corrected chi connectivity index (χ3v) is 2.32. The molecular formula is C9H9ClN4O4.